The van der Waals surface area contributed by atoms with Gasteiger partial charge in [-0.25, -0.2) is 9.78 Å². The normalized spacial score (nSPS) is 22.5. The number of alkyl halides is 3. The Hall–Kier alpha value is -2.87. The molecule has 2 saturated heterocycles. The van der Waals surface area contributed by atoms with E-state index in [1.54, 1.807) is 29.9 Å². The predicted molar refractivity (Wildman–Crippen MR) is 103 cm³/mol. The molecule has 2 fully saturated rings. The molecular formula is C17H19F3N6O4S. The Kier molecular flexibility index (Phi) is 7.00. The Morgan fingerprint density at radius 3 is 2.65 bits per heavy atom. The third-order valence-electron chi connectivity index (χ3n) is 4.75. The van der Waals surface area contributed by atoms with Crippen LogP contribution in [0.5, 0.6) is 0 Å². The number of nitrogens with one attached hydrogen (secondary N) is 1. The first-order valence-electron chi connectivity index (χ1n) is 9.16. The number of anilines is 2. The lowest BCUT2D eigenvalue weighted by Gasteiger charge is -2.18. The van der Waals surface area contributed by atoms with Crippen LogP contribution in [0.2, 0.25) is 0 Å². The highest BCUT2D eigenvalue weighted by Crippen LogP contribution is 2.38. The first kappa shape index (κ1) is 22.8. The predicted octanol–water partition coefficient (Wildman–Crippen LogP) is 1.75. The van der Waals surface area contributed by atoms with Gasteiger partial charge in [-0.05, 0) is 12.8 Å². The van der Waals surface area contributed by atoms with Crippen molar-refractivity contribution in [2.45, 2.75) is 25.6 Å². The van der Waals surface area contributed by atoms with Crippen molar-refractivity contribution in [3.05, 3.63) is 23.6 Å². The van der Waals surface area contributed by atoms with E-state index in [0.29, 0.717) is 24.8 Å². The molecule has 0 saturated carbocycles. The molecule has 2 N–H and O–H groups in total. The van der Waals surface area contributed by atoms with Crippen LogP contribution in [0.15, 0.2) is 18.6 Å². The van der Waals surface area contributed by atoms with Crippen molar-refractivity contribution in [2.24, 2.45) is 11.8 Å². The van der Waals surface area contributed by atoms with Crippen LogP contribution in [-0.4, -0.2) is 69.1 Å². The smallest absolute Gasteiger partial charge is 0.475 e. The average molecular weight is 460 g/mol. The molecule has 14 heteroatoms. The third-order valence-corrected chi connectivity index (χ3v) is 5.65. The van der Waals surface area contributed by atoms with Crippen LogP contribution in [0.25, 0.3) is 0 Å². The van der Waals surface area contributed by atoms with Gasteiger partial charge in [-0.15, -0.1) is 10.2 Å². The number of hydrogen-bond acceptors (Lipinski definition) is 9. The zero-order chi connectivity index (χ0) is 22.6. The molecule has 0 aromatic carbocycles. The van der Waals surface area contributed by atoms with Gasteiger partial charge in [0.15, 0.2) is 5.82 Å². The van der Waals surface area contributed by atoms with Crippen LogP contribution < -0.4 is 10.2 Å². The molecule has 31 heavy (non-hydrogen) atoms. The van der Waals surface area contributed by atoms with E-state index in [1.807, 2.05) is 6.92 Å². The number of fused-ring (bicyclic) bond motifs is 1. The summed E-state index contributed by atoms with van der Waals surface area (Å²) in [6.45, 7) is 4.27. The zero-order valence-electron chi connectivity index (χ0n) is 16.2. The molecule has 1 amide bonds. The summed E-state index contributed by atoms with van der Waals surface area (Å²) >= 11 is 1.59. The molecule has 2 aromatic rings. The Labute approximate surface area is 178 Å². The van der Waals surface area contributed by atoms with Gasteiger partial charge in [-0.3, -0.25) is 9.78 Å². The molecule has 3 atom stereocenters. The monoisotopic (exact) mass is 460 g/mol. The summed E-state index contributed by atoms with van der Waals surface area (Å²) in [6.07, 6.45) is 0.196. The van der Waals surface area contributed by atoms with Crippen LogP contribution in [0, 0.1) is 18.8 Å². The minimum atomic E-state index is -5.08. The largest absolute Gasteiger partial charge is 0.490 e. The van der Waals surface area contributed by atoms with Crippen molar-refractivity contribution in [1.82, 2.24) is 20.2 Å². The van der Waals surface area contributed by atoms with E-state index in [2.05, 4.69) is 30.4 Å². The number of nitrogens with zero attached hydrogens (tertiary/aromatic N) is 5. The number of carboxylic acids is 1. The summed E-state index contributed by atoms with van der Waals surface area (Å²) in [5.74, 6) is -1.76. The van der Waals surface area contributed by atoms with Gasteiger partial charge in [-0.1, -0.05) is 11.3 Å². The number of halogens is 3. The van der Waals surface area contributed by atoms with E-state index >= 15 is 0 Å². The van der Waals surface area contributed by atoms with Gasteiger partial charge >= 0.3 is 12.1 Å². The van der Waals surface area contributed by atoms with E-state index < -0.39 is 12.1 Å². The second-order valence-electron chi connectivity index (χ2n) is 6.95. The van der Waals surface area contributed by atoms with Crippen molar-refractivity contribution in [3.8, 4) is 0 Å². The van der Waals surface area contributed by atoms with Crippen LogP contribution in [0.3, 0.4) is 0 Å². The van der Waals surface area contributed by atoms with Gasteiger partial charge in [0.25, 0.3) is 0 Å². The molecule has 0 spiro atoms. The number of aliphatic carboxylic acids is 1. The number of aryl methyl sites for hydroxylation is 1. The van der Waals surface area contributed by atoms with E-state index in [4.69, 9.17) is 14.6 Å². The van der Waals surface area contributed by atoms with E-state index in [0.717, 1.165) is 23.2 Å². The SMILES string of the molecule is Cc1nnc(N2C[C@@H]3[C@H](CC(=O)Nc4cnccn4)CO[C@@H]3C2)s1.O=C(O)C(F)(F)F. The first-order valence-corrected chi connectivity index (χ1v) is 9.97. The lowest BCUT2D eigenvalue weighted by molar-refractivity contribution is -0.192. The Balaban J connectivity index is 0.000000339. The number of carbonyl (C=O) groups excluding carboxylic acids is 1. The number of ether oxygens (including phenoxy) is 1. The van der Waals surface area contributed by atoms with Gasteiger partial charge in [0.1, 0.15) is 5.01 Å². The van der Waals surface area contributed by atoms with E-state index in [9.17, 15) is 18.0 Å². The molecule has 2 aliphatic heterocycles. The average Bonchev–Trinajstić information content (AvgIpc) is 3.39. The van der Waals surface area contributed by atoms with Crippen molar-refractivity contribution in [1.29, 1.82) is 0 Å². The fraction of sp³-hybridized carbons (Fsp3) is 0.529. The number of carboxylic acid groups (broad SMARTS) is 1. The first-order chi connectivity index (χ1) is 14.6. The van der Waals surface area contributed by atoms with Gasteiger partial charge in [0.05, 0.1) is 18.9 Å². The summed E-state index contributed by atoms with van der Waals surface area (Å²) in [6, 6.07) is 0. The highest BCUT2D eigenvalue weighted by atomic mass is 32.1. The van der Waals surface area contributed by atoms with E-state index in [-0.39, 0.29) is 17.9 Å². The summed E-state index contributed by atoms with van der Waals surface area (Å²) in [7, 11) is 0. The Morgan fingerprint density at radius 2 is 2.06 bits per heavy atom. The maximum Gasteiger partial charge on any atom is 0.490 e. The quantitative estimate of drug-likeness (QED) is 0.701. The lowest BCUT2D eigenvalue weighted by Crippen LogP contribution is -2.26. The van der Waals surface area contributed by atoms with Crippen LogP contribution >= 0.6 is 11.3 Å². The molecule has 168 valence electrons. The van der Waals surface area contributed by atoms with Gasteiger partial charge < -0.3 is 20.1 Å². The molecule has 2 aliphatic rings. The van der Waals surface area contributed by atoms with Gasteiger partial charge in [0, 0.05) is 37.8 Å². The molecular weight excluding hydrogens is 441 g/mol. The van der Waals surface area contributed by atoms with Crippen molar-refractivity contribution < 1.29 is 32.6 Å². The van der Waals surface area contributed by atoms with Crippen molar-refractivity contribution in [2.75, 3.05) is 29.9 Å². The summed E-state index contributed by atoms with van der Waals surface area (Å²) in [5, 5.41) is 20.1. The fourth-order valence-electron chi connectivity index (χ4n) is 3.37. The molecule has 0 radical (unpaired) electrons. The summed E-state index contributed by atoms with van der Waals surface area (Å²) in [4.78, 5) is 31.4. The Morgan fingerprint density at radius 1 is 1.32 bits per heavy atom. The number of amides is 1. The maximum absolute atomic E-state index is 12.2. The molecule has 0 unspecified atom stereocenters. The standard InChI is InChI=1S/C15H18N6O2S.C2HF3O2/c1-9-19-20-15(24-9)21-6-11-10(8-23-12(11)7-21)4-14(22)18-13-5-16-2-3-17-13;3-2(4,5)1(6)7/h2-3,5,10-12H,4,6-8H2,1H3,(H,17,18,22);(H,6,7)/t10-,11-,12-;/m1./s1. The van der Waals surface area contributed by atoms with Crippen molar-refractivity contribution >= 4 is 34.2 Å². The molecule has 0 aliphatic carbocycles. The highest BCUT2D eigenvalue weighted by molar-refractivity contribution is 7.15. The third kappa shape index (κ3) is 6.07. The minimum absolute atomic E-state index is 0.0463. The van der Waals surface area contributed by atoms with E-state index in [1.165, 1.54) is 0 Å². The molecule has 4 rings (SSSR count). The zero-order valence-corrected chi connectivity index (χ0v) is 17.1. The number of carbonyl (C=O) groups is 2. The maximum atomic E-state index is 12.2. The summed E-state index contributed by atoms with van der Waals surface area (Å²) in [5.41, 5.74) is 0. The lowest BCUT2D eigenvalue weighted by atomic mass is 9.90. The Bertz CT molecular complexity index is 913. The number of rotatable bonds is 4. The van der Waals surface area contributed by atoms with Gasteiger partial charge in [0.2, 0.25) is 11.0 Å². The highest BCUT2D eigenvalue weighted by Gasteiger charge is 2.45. The topological polar surface area (TPSA) is 130 Å². The second kappa shape index (κ2) is 9.51. The minimum Gasteiger partial charge on any atom is -0.475 e. The second-order valence-corrected chi connectivity index (χ2v) is 8.11. The van der Waals surface area contributed by atoms with Crippen LogP contribution in [-0.2, 0) is 14.3 Å². The number of aromatic nitrogens is 4. The number of hydrogen-bond donors (Lipinski definition) is 2. The molecule has 2 aromatic heterocycles. The van der Waals surface area contributed by atoms with Gasteiger partial charge in [-0.2, -0.15) is 13.2 Å². The molecule has 4 heterocycles. The van der Waals surface area contributed by atoms with Crippen LogP contribution in [0.4, 0.5) is 24.1 Å². The summed E-state index contributed by atoms with van der Waals surface area (Å²) < 4.78 is 37.6. The van der Waals surface area contributed by atoms with Crippen LogP contribution in [0.1, 0.15) is 11.4 Å². The van der Waals surface area contributed by atoms with Crippen molar-refractivity contribution in [3.63, 3.8) is 0 Å². The molecule has 0 bridgehead atoms. The fourth-order valence-corrected chi connectivity index (χ4v) is 4.08. The molecule has 10 nitrogen and oxygen atoms in total.